The van der Waals surface area contributed by atoms with Gasteiger partial charge in [0.1, 0.15) is 0 Å². The minimum atomic E-state index is 1.04. The lowest BCUT2D eigenvalue weighted by Crippen LogP contribution is -1.96. The van der Waals surface area contributed by atoms with Crippen LogP contribution in [0.15, 0.2) is 127 Å². The van der Waals surface area contributed by atoms with Crippen LogP contribution in [0.1, 0.15) is 17.5 Å². The first-order chi connectivity index (χ1) is 20.4. The number of benzene rings is 5. The molecule has 0 spiro atoms. The highest BCUT2D eigenvalue weighted by molar-refractivity contribution is 7.19. The molecule has 1 aliphatic carbocycles. The van der Waals surface area contributed by atoms with Gasteiger partial charge in [-0.3, -0.25) is 0 Å². The van der Waals surface area contributed by atoms with Crippen molar-refractivity contribution in [2.24, 2.45) is 0 Å². The maximum absolute atomic E-state index is 3.46. The van der Waals surface area contributed by atoms with Gasteiger partial charge in [-0.2, -0.15) is 0 Å². The Morgan fingerprint density at radius 1 is 0.561 bits per heavy atom. The van der Waals surface area contributed by atoms with Gasteiger partial charge in [-0.25, -0.2) is 0 Å². The van der Waals surface area contributed by atoms with Crippen molar-refractivity contribution in [2.75, 3.05) is 0 Å². The van der Waals surface area contributed by atoms with Gasteiger partial charge in [-0.15, -0.1) is 11.3 Å². The van der Waals surface area contributed by atoms with E-state index in [0.717, 1.165) is 18.4 Å². The summed E-state index contributed by atoms with van der Waals surface area (Å²) in [6, 6.07) is 50.3. The standard InChI is InChI=1S/C40H26S/c1-3-14-27(15-4-1)29-18-13-19-30(26-29)39-35-24-11-12-25-36(35)40(41-39)38-34-23-10-8-21-32(34)31-20-7-9-22-33(31)37(38)28-16-5-2-6-17-28/h1-5,7-11,13-16,18-24,26H,12,25H2. The molecular weight excluding hydrogens is 513 g/mol. The third-order valence-electron chi connectivity index (χ3n) is 8.20. The molecular formula is C40H26S. The van der Waals surface area contributed by atoms with Crippen LogP contribution in [-0.2, 0) is 6.42 Å². The van der Waals surface area contributed by atoms with Gasteiger partial charge in [0.25, 0.3) is 0 Å². The average molecular weight is 539 g/mol. The quantitative estimate of drug-likeness (QED) is 0.196. The fourth-order valence-electron chi connectivity index (χ4n) is 6.37. The molecule has 0 fully saturated rings. The minimum absolute atomic E-state index is 1.04. The second-order valence-electron chi connectivity index (χ2n) is 10.6. The van der Waals surface area contributed by atoms with Gasteiger partial charge in [-0.05, 0) is 80.4 Å². The van der Waals surface area contributed by atoms with Crippen LogP contribution in [0.25, 0.3) is 70.8 Å². The summed E-state index contributed by atoms with van der Waals surface area (Å²) in [5.74, 6) is 0. The molecule has 0 N–H and O–H groups in total. The lowest BCUT2D eigenvalue weighted by Gasteiger charge is -2.18. The Bertz CT molecular complexity index is 2080. The molecule has 0 atom stereocenters. The molecule has 0 radical (unpaired) electrons. The second-order valence-corrected chi connectivity index (χ2v) is 11.6. The van der Waals surface area contributed by atoms with E-state index in [1.54, 1.807) is 0 Å². The molecule has 0 aliphatic heterocycles. The zero-order valence-corrected chi connectivity index (χ0v) is 23.3. The maximum atomic E-state index is 3.46. The van der Waals surface area contributed by atoms with Gasteiger partial charge < -0.3 is 0 Å². The average Bonchev–Trinajstić information content (AvgIpc) is 3.44. The van der Waals surface area contributed by atoms with Gasteiger partial charge in [0.15, 0.2) is 0 Å². The smallest absolute Gasteiger partial charge is 0.0424 e. The Kier molecular flexibility index (Phi) is 5.80. The molecule has 1 heteroatoms. The van der Waals surface area contributed by atoms with Crippen LogP contribution < -0.4 is 0 Å². The minimum Gasteiger partial charge on any atom is -0.134 e. The number of hydrogen-bond acceptors (Lipinski definition) is 1. The lowest BCUT2D eigenvalue weighted by molar-refractivity contribution is 0.997. The van der Waals surface area contributed by atoms with Crippen LogP contribution in [0.4, 0.5) is 0 Å². The van der Waals surface area contributed by atoms with E-state index in [1.165, 1.54) is 70.2 Å². The summed E-state index contributed by atoms with van der Waals surface area (Å²) in [6.45, 7) is 0. The van der Waals surface area contributed by atoms with Crippen LogP contribution in [0.2, 0.25) is 0 Å². The highest BCUT2D eigenvalue weighted by Crippen LogP contribution is 2.51. The maximum Gasteiger partial charge on any atom is 0.0424 e. The van der Waals surface area contributed by atoms with Crippen molar-refractivity contribution in [1.82, 2.24) is 0 Å². The van der Waals surface area contributed by atoms with Crippen molar-refractivity contribution in [2.45, 2.75) is 12.8 Å². The number of allylic oxidation sites excluding steroid dienone is 1. The van der Waals surface area contributed by atoms with E-state index in [-0.39, 0.29) is 0 Å². The van der Waals surface area contributed by atoms with Crippen molar-refractivity contribution in [3.05, 3.63) is 151 Å². The SMILES string of the molecule is c1cccc(-c2c(-c3sc(-c4cccc(-c5ccccc5)c4)c4c3CCC=C4)c3ccccc3c3ccccc23)c#1. The molecule has 0 unspecified atom stereocenters. The monoisotopic (exact) mass is 538 g/mol. The van der Waals surface area contributed by atoms with Gasteiger partial charge in [0.05, 0.1) is 0 Å². The van der Waals surface area contributed by atoms with Crippen molar-refractivity contribution in [3.63, 3.8) is 0 Å². The van der Waals surface area contributed by atoms with Crippen molar-refractivity contribution in [1.29, 1.82) is 0 Å². The van der Waals surface area contributed by atoms with Crippen molar-refractivity contribution >= 4 is 39.0 Å². The number of rotatable bonds is 4. The van der Waals surface area contributed by atoms with Crippen LogP contribution in [0, 0.1) is 12.1 Å². The summed E-state index contributed by atoms with van der Waals surface area (Å²) in [5, 5.41) is 5.13. The summed E-state index contributed by atoms with van der Waals surface area (Å²) in [6.07, 6.45) is 6.80. The van der Waals surface area contributed by atoms with E-state index in [4.69, 9.17) is 0 Å². The highest BCUT2D eigenvalue weighted by Gasteiger charge is 2.25. The summed E-state index contributed by atoms with van der Waals surface area (Å²) >= 11 is 1.94. The van der Waals surface area contributed by atoms with Crippen molar-refractivity contribution in [3.8, 4) is 43.1 Å². The van der Waals surface area contributed by atoms with Crippen LogP contribution in [0.5, 0.6) is 0 Å². The molecule has 192 valence electrons. The van der Waals surface area contributed by atoms with Crippen LogP contribution >= 0.6 is 11.3 Å². The molecule has 0 saturated heterocycles. The Morgan fingerprint density at radius 3 is 2.00 bits per heavy atom. The predicted molar refractivity (Wildman–Crippen MR) is 176 cm³/mol. The second kappa shape index (κ2) is 9.93. The van der Waals surface area contributed by atoms with Gasteiger partial charge in [0.2, 0.25) is 0 Å². The van der Waals surface area contributed by atoms with E-state index >= 15 is 0 Å². The topological polar surface area (TPSA) is 0 Å². The Labute approximate surface area is 244 Å². The summed E-state index contributed by atoms with van der Waals surface area (Å²) in [7, 11) is 0. The summed E-state index contributed by atoms with van der Waals surface area (Å²) in [5.41, 5.74) is 10.2. The van der Waals surface area contributed by atoms with E-state index in [1.807, 2.05) is 17.4 Å². The van der Waals surface area contributed by atoms with Crippen molar-refractivity contribution < 1.29 is 0 Å². The molecule has 41 heavy (non-hydrogen) atoms. The first-order valence-corrected chi connectivity index (χ1v) is 15.0. The molecule has 8 rings (SSSR count). The predicted octanol–water partition coefficient (Wildman–Crippen LogP) is 11.3. The molecule has 0 nitrogen and oxygen atoms in total. The molecule has 1 aliphatic rings. The first kappa shape index (κ1) is 23.9. The highest BCUT2D eigenvalue weighted by atomic mass is 32.1. The van der Waals surface area contributed by atoms with Gasteiger partial charge in [0, 0.05) is 26.4 Å². The van der Waals surface area contributed by atoms with Crippen LogP contribution in [0.3, 0.4) is 0 Å². The summed E-state index contributed by atoms with van der Waals surface area (Å²) in [4.78, 5) is 2.72. The van der Waals surface area contributed by atoms with E-state index < -0.39 is 0 Å². The van der Waals surface area contributed by atoms with Gasteiger partial charge >= 0.3 is 0 Å². The molecule has 7 aromatic rings. The molecule has 0 bridgehead atoms. The fraction of sp³-hybridized carbons (Fsp3) is 0.0500. The third kappa shape index (κ3) is 4.00. The van der Waals surface area contributed by atoms with E-state index in [2.05, 4.69) is 140 Å². The third-order valence-corrected chi connectivity index (χ3v) is 9.52. The van der Waals surface area contributed by atoms with E-state index in [0.29, 0.717) is 0 Å². The molecule has 1 aromatic heterocycles. The number of hydrogen-bond donors (Lipinski definition) is 0. The number of fused-ring (bicyclic) bond motifs is 4. The number of thiophene rings is 1. The Hall–Kier alpha value is -4.90. The van der Waals surface area contributed by atoms with Crippen LogP contribution in [-0.4, -0.2) is 0 Å². The molecule has 0 saturated carbocycles. The zero-order valence-electron chi connectivity index (χ0n) is 22.5. The largest absolute Gasteiger partial charge is 0.134 e. The Balaban J connectivity index is 1.46. The molecule has 1 heterocycles. The Morgan fingerprint density at radius 2 is 1.24 bits per heavy atom. The zero-order chi connectivity index (χ0) is 27.2. The van der Waals surface area contributed by atoms with Gasteiger partial charge in [-0.1, -0.05) is 127 Å². The molecule has 6 aromatic carbocycles. The van der Waals surface area contributed by atoms with E-state index in [9.17, 15) is 0 Å². The molecule has 0 amide bonds. The first-order valence-electron chi connectivity index (χ1n) is 14.2. The lowest BCUT2D eigenvalue weighted by atomic mass is 9.85. The summed E-state index contributed by atoms with van der Waals surface area (Å²) < 4.78 is 0. The normalized spacial score (nSPS) is 12.4. The fourth-order valence-corrected chi connectivity index (χ4v) is 7.77.